The first-order chi connectivity index (χ1) is 15.4. The Hall–Kier alpha value is -2.99. The molecule has 1 rings (SSSR count). The molecule has 0 fully saturated rings. The highest BCUT2D eigenvalue weighted by molar-refractivity contribution is 5.68. The number of rotatable bonds is 16. The van der Waals surface area contributed by atoms with Gasteiger partial charge in [0.25, 0.3) is 0 Å². The number of hydrogen-bond acceptors (Lipinski definition) is 4. The van der Waals surface area contributed by atoms with Gasteiger partial charge < -0.3 is 14.7 Å². The van der Waals surface area contributed by atoms with E-state index in [1.54, 1.807) is 12.2 Å². The van der Waals surface area contributed by atoms with E-state index >= 15 is 0 Å². The predicted molar refractivity (Wildman–Crippen MR) is 134 cm³/mol. The second-order valence-electron chi connectivity index (χ2n) is 7.68. The Kier molecular flexibility index (Phi) is 13.3. The maximum atomic E-state index is 10.5. The molecular formula is C26H37N3O3. The molecule has 0 unspecified atom stereocenters. The number of carboxylic acid groups (broad SMARTS) is 1. The highest BCUT2D eigenvalue weighted by Crippen LogP contribution is 2.27. The second-order valence-corrected chi connectivity index (χ2v) is 7.68. The first kappa shape index (κ1) is 27.0. The molecule has 0 saturated heterocycles. The third kappa shape index (κ3) is 10.4. The van der Waals surface area contributed by atoms with Gasteiger partial charge in [-0.05, 0) is 57.4 Å². The summed E-state index contributed by atoms with van der Waals surface area (Å²) in [5.41, 5.74) is 3.64. The lowest BCUT2D eigenvalue weighted by molar-refractivity contribution is -0.142. The Labute approximate surface area is 192 Å². The van der Waals surface area contributed by atoms with Crippen LogP contribution in [0.5, 0.6) is 0 Å². The van der Waals surface area contributed by atoms with E-state index in [0.717, 1.165) is 54.8 Å². The molecule has 0 saturated carbocycles. The van der Waals surface area contributed by atoms with Crippen LogP contribution in [-0.2, 0) is 9.53 Å². The van der Waals surface area contributed by atoms with E-state index in [4.69, 9.17) is 14.8 Å². The molecule has 6 nitrogen and oxygen atoms in total. The van der Waals surface area contributed by atoms with E-state index < -0.39 is 5.97 Å². The lowest BCUT2D eigenvalue weighted by Gasteiger charge is -2.24. The van der Waals surface area contributed by atoms with Gasteiger partial charge in [0.2, 0.25) is 0 Å². The van der Waals surface area contributed by atoms with Gasteiger partial charge in [0.15, 0.2) is 0 Å². The number of aliphatic imine (C=N–C) groups is 2. The van der Waals surface area contributed by atoms with Gasteiger partial charge in [0, 0.05) is 25.6 Å². The molecule has 1 N–H and O–H groups in total. The number of aliphatic carboxylic acids is 1. The van der Waals surface area contributed by atoms with E-state index in [1.165, 1.54) is 0 Å². The number of unbranched alkanes of at least 4 members (excludes halogenated alkanes) is 1. The van der Waals surface area contributed by atoms with Crippen LogP contribution in [0.15, 0.2) is 82.1 Å². The van der Waals surface area contributed by atoms with Gasteiger partial charge in [-0.3, -0.25) is 4.99 Å². The van der Waals surface area contributed by atoms with Gasteiger partial charge in [0.05, 0.1) is 17.7 Å². The monoisotopic (exact) mass is 439 g/mol. The van der Waals surface area contributed by atoms with Crippen LogP contribution in [-0.4, -0.2) is 54.8 Å². The first-order valence-corrected chi connectivity index (χ1v) is 11.0. The zero-order chi connectivity index (χ0) is 23.8. The lowest BCUT2D eigenvalue weighted by atomic mass is 10.0. The number of carbonyl (C=O) groups is 1. The Bertz CT molecular complexity index is 801. The maximum Gasteiger partial charge on any atom is 0.329 e. The lowest BCUT2D eigenvalue weighted by Crippen LogP contribution is -2.30. The van der Waals surface area contributed by atoms with Crippen LogP contribution in [0, 0.1) is 0 Å². The number of ether oxygens (including phenoxy) is 1. The highest BCUT2D eigenvalue weighted by atomic mass is 16.5. The number of allylic oxidation sites excluding steroid dienone is 7. The van der Waals surface area contributed by atoms with E-state index in [0.29, 0.717) is 13.0 Å². The summed E-state index contributed by atoms with van der Waals surface area (Å²) in [4.78, 5) is 21.8. The first-order valence-electron chi connectivity index (χ1n) is 11.0. The topological polar surface area (TPSA) is 74.5 Å². The molecule has 6 heteroatoms. The summed E-state index contributed by atoms with van der Waals surface area (Å²) < 4.78 is 5.11. The van der Waals surface area contributed by atoms with Crippen LogP contribution >= 0.6 is 0 Å². The average molecular weight is 440 g/mol. The number of carboxylic acids is 1. The van der Waals surface area contributed by atoms with Crippen molar-refractivity contribution in [1.82, 2.24) is 4.90 Å². The van der Waals surface area contributed by atoms with Crippen molar-refractivity contribution >= 4 is 19.0 Å². The quantitative estimate of drug-likeness (QED) is 0.149. The molecule has 0 spiro atoms. The van der Waals surface area contributed by atoms with Gasteiger partial charge in [-0.15, -0.1) is 0 Å². The van der Waals surface area contributed by atoms with Crippen LogP contribution < -0.4 is 0 Å². The second kappa shape index (κ2) is 15.8. The van der Waals surface area contributed by atoms with Crippen molar-refractivity contribution in [3.63, 3.8) is 0 Å². The Morgan fingerprint density at radius 1 is 1.31 bits per heavy atom. The standard InChI is InChI=1S/C26H37N3O3/c1-6-13-22(7-2)18-24(27-5)26(23-14-9-8-10-15-23)28-20-29(21(3)4)16-11-12-17-32-19-25(30)31/h6-7,9,13-15,20-21H,1-2,5,8,10-12,16-19H2,3-4H3,(H,30,31)/b22-13+,26-24-,28-20?. The fraction of sp³-hybridized carbons (Fsp3) is 0.423. The fourth-order valence-corrected chi connectivity index (χ4v) is 3.10. The molecule has 0 aliphatic heterocycles. The Morgan fingerprint density at radius 2 is 2.09 bits per heavy atom. The molecule has 0 heterocycles. The molecule has 1 aliphatic carbocycles. The van der Waals surface area contributed by atoms with Gasteiger partial charge >= 0.3 is 5.97 Å². The molecule has 0 bridgehead atoms. The molecule has 174 valence electrons. The van der Waals surface area contributed by atoms with Crippen molar-refractivity contribution in [3.8, 4) is 0 Å². The smallest absolute Gasteiger partial charge is 0.329 e. The van der Waals surface area contributed by atoms with Crippen molar-refractivity contribution in [1.29, 1.82) is 0 Å². The summed E-state index contributed by atoms with van der Waals surface area (Å²) in [6.45, 7) is 16.6. The van der Waals surface area contributed by atoms with Crippen LogP contribution in [0.4, 0.5) is 0 Å². The van der Waals surface area contributed by atoms with Crippen LogP contribution in [0.1, 0.15) is 46.0 Å². The molecule has 0 aromatic carbocycles. The van der Waals surface area contributed by atoms with Gasteiger partial charge in [-0.25, -0.2) is 9.79 Å². The molecular weight excluding hydrogens is 402 g/mol. The molecule has 0 amide bonds. The molecule has 0 radical (unpaired) electrons. The number of nitrogens with zero attached hydrogens (tertiary/aromatic N) is 3. The van der Waals surface area contributed by atoms with Gasteiger partial charge in [-0.1, -0.05) is 49.6 Å². The normalized spacial score (nSPS) is 14.8. The number of hydrogen-bond donors (Lipinski definition) is 1. The Balaban J connectivity index is 3.03. The third-order valence-electron chi connectivity index (χ3n) is 4.88. The molecule has 32 heavy (non-hydrogen) atoms. The summed E-state index contributed by atoms with van der Waals surface area (Å²) in [6, 6.07) is 0.264. The van der Waals surface area contributed by atoms with Crippen LogP contribution in [0.3, 0.4) is 0 Å². The zero-order valence-corrected chi connectivity index (χ0v) is 19.5. The maximum absolute atomic E-state index is 10.5. The van der Waals surface area contributed by atoms with Crippen molar-refractivity contribution < 1.29 is 14.6 Å². The average Bonchev–Trinajstić information content (AvgIpc) is 2.78. The van der Waals surface area contributed by atoms with E-state index in [9.17, 15) is 4.79 Å². The molecule has 0 aromatic rings. The van der Waals surface area contributed by atoms with E-state index in [-0.39, 0.29) is 12.6 Å². The predicted octanol–water partition coefficient (Wildman–Crippen LogP) is 5.48. The molecule has 0 atom stereocenters. The van der Waals surface area contributed by atoms with Crippen LogP contribution in [0.25, 0.3) is 0 Å². The minimum Gasteiger partial charge on any atom is -0.480 e. The van der Waals surface area contributed by atoms with Gasteiger partial charge in [0.1, 0.15) is 6.61 Å². The Morgan fingerprint density at radius 3 is 2.66 bits per heavy atom. The van der Waals surface area contributed by atoms with Crippen molar-refractivity contribution in [3.05, 3.63) is 72.2 Å². The largest absolute Gasteiger partial charge is 0.480 e. The molecule has 0 aromatic heterocycles. The highest BCUT2D eigenvalue weighted by Gasteiger charge is 2.13. The SMILES string of the molecule is C=C/C=C(\C=C)C/C(N=C)=C(/N=CN(CCCCOCC(=O)O)C(C)C)C1=CCCC=C1. The minimum atomic E-state index is -0.944. The van der Waals surface area contributed by atoms with Crippen LogP contribution in [0.2, 0.25) is 0 Å². The summed E-state index contributed by atoms with van der Waals surface area (Å²) in [7, 11) is 0. The summed E-state index contributed by atoms with van der Waals surface area (Å²) >= 11 is 0. The van der Waals surface area contributed by atoms with E-state index in [1.807, 2.05) is 12.4 Å². The van der Waals surface area contributed by atoms with Crippen molar-refractivity contribution in [2.75, 3.05) is 19.8 Å². The molecule has 1 aliphatic rings. The van der Waals surface area contributed by atoms with Gasteiger partial charge in [-0.2, -0.15) is 0 Å². The summed E-state index contributed by atoms with van der Waals surface area (Å²) in [6.07, 6.45) is 18.0. The van der Waals surface area contributed by atoms with Crippen molar-refractivity contribution in [2.45, 2.75) is 52.0 Å². The van der Waals surface area contributed by atoms with E-state index in [2.05, 4.69) is 61.8 Å². The zero-order valence-electron chi connectivity index (χ0n) is 19.5. The third-order valence-corrected chi connectivity index (χ3v) is 4.88. The fourth-order valence-electron chi connectivity index (χ4n) is 3.10. The summed E-state index contributed by atoms with van der Waals surface area (Å²) in [5.74, 6) is -0.944. The van der Waals surface area contributed by atoms with Crippen molar-refractivity contribution in [2.24, 2.45) is 9.98 Å². The minimum absolute atomic E-state index is 0.254. The summed E-state index contributed by atoms with van der Waals surface area (Å²) in [5, 5.41) is 8.64.